The first-order valence-electron chi connectivity index (χ1n) is 5.75. The molecule has 0 bridgehead atoms. The Balaban J connectivity index is 2.02. The largest absolute Gasteiger partial charge is 0.475 e. The predicted octanol–water partition coefficient (Wildman–Crippen LogP) is 2.80. The van der Waals surface area contributed by atoms with Crippen molar-refractivity contribution in [3.8, 4) is 5.75 Å². The van der Waals surface area contributed by atoms with Gasteiger partial charge in [0.2, 0.25) is 5.91 Å². The number of carbonyl (C=O) groups excluding carboxylic acids is 1. The second-order valence-electron chi connectivity index (χ2n) is 4.68. The highest BCUT2D eigenvalue weighted by atomic mass is 32.2. The first-order valence-corrected chi connectivity index (χ1v) is 6.56. The molecule has 0 aromatic heterocycles. The van der Waals surface area contributed by atoms with E-state index in [1.807, 2.05) is 45.0 Å². The lowest BCUT2D eigenvalue weighted by Crippen LogP contribution is -2.37. The van der Waals surface area contributed by atoms with E-state index in [2.05, 4.69) is 5.32 Å². The number of fused-ring (bicyclic) bond motifs is 1. The smallest absolute Gasteiger partial charge is 0.225 e. The van der Waals surface area contributed by atoms with Crippen LogP contribution in [-0.2, 0) is 4.79 Å². The van der Waals surface area contributed by atoms with Crippen molar-refractivity contribution >= 4 is 17.7 Å². The lowest BCUT2D eigenvalue weighted by Gasteiger charge is -2.22. The summed E-state index contributed by atoms with van der Waals surface area (Å²) in [5, 5.41) is 2.89. The number of para-hydroxylation sites is 1. The molecule has 17 heavy (non-hydrogen) atoms. The summed E-state index contributed by atoms with van der Waals surface area (Å²) in [7, 11) is 0. The van der Waals surface area contributed by atoms with Gasteiger partial charge in [-0.15, -0.1) is 0 Å². The van der Waals surface area contributed by atoms with E-state index in [0.717, 1.165) is 10.6 Å². The molecule has 0 fully saturated rings. The van der Waals surface area contributed by atoms with Crippen molar-refractivity contribution in [2.75, 3.05) is 0 Å². The summed E-state index contributed by atoms with van der Waals surface area (Å²) in [6, 6.07) is 8.05. The summed E-state index contributed by atoms with van der Waals surface area (Å²) >= 11 is 1.61. The lowest BCUT2D eigenvalue weighted by atomic mass is 10.2. The van der Waals surface area contributed by atoms with Gasteiger partial charge < -0.3 is 10.1 Å². The Hall–Kier alpha value is -1.16. The van der Waals surface area contributed by atoms with Gasteiger partial charge >= 0.3 is 0 Å². The number of rotatable bonds is 3. The second kappa shape index (κ2) is 4.61. The van der Waals surface area contributed by atoms with E-state index in [0.29, 0.717) is 6.42 Å². The van der Waals surface area contributed by atoms with E-state index in [1.54, 1.807) is 11.8 Å². The van der Waals surface area contributed by atoms with Crippen molar-refractivity contribution < 1.29 is 9.53 Å². The molecule has 1 heterocycles. The zero-order valence-corrected chi connectivity index (χ0v) is 11.1. The number of thioether (sulfide) groups is 1. The molecule has 3 nitrogen and oxygen atoms in total. The maximum absolute atomic E-state index is 11.8. The molecule has 1 aliphatic heterocycles. The van der Waals surface area contributed by atoms with Crippen molar-refractivity contribution in [1.29, 1.82) is 0 Å². The van der Waals surface area contributed by atoms with Gasteiger partial charge in [0.15, 0.2) is 4.93 Å². The van der Waals surface area contributed by atoms with Crippen LogP contribution in [0.1, 0.15) is 27.2 Å². The number of benzene rings is 1. The highest BCUT2D eigenvalue weighted by Gasteiger charge is 2.37. The standard InChI is InChI=1S/C13H17NO2S/c1-9(2)14-12(15)8-13(3)16-10-6-4-5-7-11(10)17-13/h4-7,9H,8H2,1-3H3,(H,14,15). The lowest BCUT2D eigenvalue weighted by molar-refractivity contribution is -0.123. The van der Waals surface area contributed by atoms with Crippen LogP contribution in [0, 0.1) is 0 Å². The molecule has 1 aromatic rings. The number of hydrogen-bond donors (Lipinski definition) is 1. The fourth-order valence-electron chi connectivity index (χ4n) is 1.84. The Morgan fingerprint density at radius 2 is 2.18 bits per heavy atom. The van der Waals surface area contributed by atoms with Crippen molar-refractivity contribution in [2.45, 2.75) is 43.1 Å². The Morgan fingerprint density at radius 1 is 1.47 bits per heavy atom. The minimum atomic E-state index is -0.483. The van der Waals surface area contributed by atoms with E-state index < -0.39 is 4.93 Å². The summed E-state index contributed by atoms with van der Waals surface area (Å²) in [5.74, 6) is 0.903. The van der Waals surface area contributed by atoms with Gasteiger partial charge in [0, 0.05) is 6.04 Å². The van der Waals surface area contributed by atoms with Crippen molar-refractivity contribution in [3.63, 3.8) is 0 Å². The average molecular weight is 251 g/mol. The Bertz CT molecular complexity index is 406. The maximum Gasteiger partial charge on any atom is 0.225 e. The fourth-order valence-corrected chi connectivity index (χ4v) is 3.00. The third-order valence-corrected chi connectivity index (χ3v) is 3.65. The molecular weight excluding hydrogens is 234 g/mol. The van der Waals surface area contributed by atoms with Gasteiger partial charge in [0.05, 0.1) is 11.3 Å². The molecule has 1 atom stereocenters. The topological polar surface area (TPSA) is 38.3 Å². The number of amides is 1. The van der Waals surface area contributed by atoms with E-state index in [-0.39, 0.29) is 11.9 Å². The van der Waals surface area contributed by atoms with Gasteiger partial charge in [0.1, 0.15) is 5.75 Å². The molecular formula is C13H17NO2S. The van der Waals surface area contributed by atoms with Crippen molar-refractivity contribution in [1.82, 2.24) is 5.32 Å². The number of ether oxygens (including phenoxy) is 1. The van der Waals surface area contributed by atoms with Crippen LogP contribution in [0.5, 0.6) is 5.75 Å². The number of nitrogens with one attached hydrogen (secondary N) is 1. The second-order valence-corrected chi connectivity index (χ2v) is 6.19. The average Bonchev–Trinajstić information content (AvgIpc) is 2.51. The van der Waals surface area contributed by atoms with Gasteiger partial charge in [-0.05, 0) is 32.9 Å². The number of carbonyl (C=O) groups is 1. The Labute approximate surface area is 106 Å². The minimum absolute atomic E-state index is 0.0304. The van der Waals surface area contributed by atoms with Crippen LogP contribution < -0.4 is 10.1 Å². The molecule has 1 aromatic carbocycles. The zero-order valence-electron chi connectivity index (χ0n) is 10.3. The van der Waals surface area contributed by atoms with Gasteiger partial charge in [-0.3, -0.25) is 4.79 Å². The molecule has 1 amide bonds. The normalized spacial score (nSPS) is 22.1. The first-order chi connectivity index (χ1) is 7.98. The summed E-state index contributed by atoms with van der Waals surface area (Å²) in [6.45, 7) is 5.87. The quantitative estimate of drug-likeness (QED) is 0.897. The van der Waals surface area contributed by atoms with E-state index in [1.165, 1.54) is 0 Å². The molecule has 0 saturated heterocycles. The third kappa shape index (κ3) is 2.94. The Morgan fingerprint density at radius 3 is 2.82 bits per heavy atom. The SMILES string of the molecule is CC(C)NC(=O)CC1(C)Oc2ccccc2S1. The highest BCUT2D eigenvalue weighted by molar-refractivity contribution is 8.00. The monoisotopic (exact) mass is 251 g/mol. The molecule has 2 rings (SSSR count). The van der Waals surface area contributed by atoms with Gasteiger partial charge in [0.25, 0.3) is 0 Å². The Kier molecular flexibility index (Phi) is 3.33. The first kappa shape index (κ1) is 12.3. The third-order valence-electron chi connectivity index (χ3n) is 2.43. The fraction of sp³-hybridized carbons (Fsp3) is 0.462. The maximum atomic E-state index is 11.8. The van der Waals surface area contributed by atoms with Gasteiger partial charge in [-0.2, -0.15) is 0 Å². The van der Waals surface area contributed by atoms with E-state index in [4.69, 9.17) is 4.74 Å². The molecule has 0 aliphatic carbocycles. The number of hydrogen-bond acceptors (Lipinski definition) is 3. The van der Waals surface area contributed by atoms with Crippen LogP contribution >= 0.6 is 11.8 Å². The van der Waals surface area contributed by atoms with Crippen molar-refractivity contribution in [3.05, 3.63) is 24.3 Å². The van der Waals surface area contributed by atoms with Crippen LogP contribution in [-0.4, -0.2) is 16.9 Å². The summed E-state index contributed by atoms with van der Waals surface area (Å²) in [5.41, 5.74) is 0. The van der Waals surface area contributed by atoms with E-state index in [9.17, 15) is 4.79 Å². The van der Waals surface area contributed by atoms with Crippen LogP contribution in [0.15, 0.2) is 29.2 Å². The van der Waals surface area contributed by atoms with E-state index >= 15 is 0 Å². The summed E-state index contributed by atoms with van der Waals surface area (Å²) in [6.07, 6.45) is 0.366. The van der Waals surface area contributed by atoms with Crippen LogP contribution in [0.3, 0.4) is 0 Å². The van der Waals surface area contributed by atoms with Crippen LogP contribution in [0.2, 0.25) is 0 Å². The molecule has 4 heteroatoms. The molecule has 0 spiro atoms. The molecule has 0 radical (unpaired) electrons. The summed E-state index contributed by atoms with van der Waals surface area (Å²) in [4.78, 5) is 12.4. The molecule has 1 aliphatic rings. The minimum Gasteiger partial charge on any atom is -0.475 e. The highest BCUT2D eigenvalue weighted by Crippen LogP contribution is 2.48. The molecule has 1 unspecified atom stereocenters. The predicted molar refractivity (Wildman–Crippen MR) is 69.2 cm³/mol. The summed E-state index contributed by atoms with van der Waals surface area (Å²) < 4.78 is 5.85. The van der Waals surface area contributed by atoms with Crippen LogP contribution in [0.4, 0.5) is 0 Å². The van der Waals surface area contributed by atoms with Crippen molar-refractivity contribution in [2.24, 2.45) is 0 Å². The molecule has 1 N–H and O–H groups in total. The van der Waals surface area contributed by atoms with Gasteiger partial charge in [-0.25, -0.2) is 0 Å². The van der Waals surface area contributed by atoms with Gasteiger partial charge in [-0.1, -0.05) is 23.9 Å². The molecule has 0 saturated carbocycles. The molecule has 92 valence electrons. The zero-order chi connectivity index (χ0) is 12.5. The van der Waals surface area contributed by atoms with Crippen LogP contribution in [0.25, 0.3) is 0 Å².